The Labute approximate surface area is 51.4 Å². The Bertz CT molecular complexity index is 211. The Morgan fingerprint density at radius 2 is 2.67 bits per heavy atom. The second-order valence-electron chi connectivity index (χ2n) is 1.44. The Morgan fingerprint density at radius 1 is 1.89 bits per heavy atom. The first-order valence-corrected chi connectivity index (χ1v) is 2.30. The van der Waals surface area contributed by atoms with Gasteiger partial charge in [-0.1, -0.05) is 0 Å². The lowest BCUT2D eigenvalue weighted by Gasteiger charge is -1.90. The molecule has 0 aliphatic carbocycles. The molecule has 0 bridgehead atoms. The van der Waals surface area contributed by atoms with Crippen molar-refractivity contribution >= 4 is 0 Å². The van der Waals surface area contributed by atoms with Crippen LogP contribution < -0.4 is 0 Å². The highest BCUT2D eigenvalue weighted by Gasteiger charge is 2.07. The summed E-state index contributed by atoms with van der Waals surface area (Å²) in [6.45, 7) is 0. The van der Waals surface area contributed by atoms with Crippen LogP contribution in [0.1, 0.15) is 11.9 Å². The molecule has 0 radical (unpaired) electrons. The lowest BCUT2D eigenvalue weighted by atomic mass is 10.3. The number of aliphatic hydroxyl groups excluding tert-OH is 1. The van der Waals surface area contributed by atoms with Gasteiger partial charge in [-0.05, 0) is 0 Å². The highest BCUT2D eigenvalue weighted by atomic mass is 16.4. The molecule has 4 nitrogen and oxygen atoms in total. The van der Waals surface area contributed by atoms with Gasteiger partial charge in [0, 0.05) is 0 Å². The van der Waals surface area contributed by atoms with Crippen molar-refractivity contribution in [2.24, 2.45) is 0 Å². The number of oxazole rings is 1. The highest BCUT2D eigenvalue weighted by molar-refractivity contribution is 5.03. The summed E-state index contributed by atoms with van der Waals surface area (Å²) in [5, 5.41) is 16.8. The third-order valence-corrected chi connectivity index (χ3v) is 0.843. The van der Waals surface area contributed by atoms with Crippen LogP contribution in [0, 0.1) is 11.3 Å². The molecule has 0 saturated carbocycles. The Balaban J connectivity index is 2.80. The molecular weight excluding hydrogens is 120 g/mol. The van der Waals surface area contributed by atoms with E-state index in [1.165, 1.54) is 6.20 Å². The van der Waals surface area contributed by atoms with Crippen LogP contribution in [0.2, 0.25) is 0 Å². The Kier molecular flexibility index (Phi) is 1.47. The van der Waals surface area contributed by atoms with E-state index in [0.29, 0.717) is 0 Å². The van der Waals surface area contributed by atoms with Gasteiger partial charge in [-0.15, -0.1) is 0 Å². The zero-order valence-electron chi connectivity index (χ0n) is 4.48. The van der Waals surface area contributed by atoms with Crippen molar-refractivity contribution in [3.05, 3.63) is 18.4 Å². The normalized spacial score (nSPS) is 12.4. The van der Waals surface area contributed by atoms with Gasteiger partial charge in [-0.25, -0.2) is 4.98 Å². The number of hydrogen-bond donors (Lipinski definition) is 1. The number of nitrogens with zero attached hydrogens (tertiary/aromatic N) is 2. The highest BCUT2D eigenvalue weighted by Crippen LogP contribution is 2.08. The van der Waals surface area contributed by atoms with Crippen LogP contribution in [-0.4, -0.2) is 10.1 Å². The van der Waals surface area contributed by atoms with Gasteiger partial charge >= 0.3 is 0 Å². The summed E-state index contributed by atoms with van der Waals surface area (Å²) in [5.74, 6) is 0.178. The van der Waals surface area contributed by atoms with Gasteiger partial charge in [0.15, 0.2) is 12.2 Å². The minimum Gasteiger partial charge on any atom is -0.445 e. The second-order valence-corrected chi connectivity index (χ2v) is 1.44. The summed E-state index contributed by atoms with van der Waals surface area (Å²) in [4.78, 5) is 3.51. The smallest absolute Gasteiger partial charge is 0.200 e. The number of hydrogen-bond acceptors (Lipinski definition) is 4. The zero-order chi connectivity index (χ0) is 6.69. The van der Waals surface area contributed by atoms with Gasteiger partial charge in [0.25, 0.3) is 0 Å². The summed E-state index contributed by atoms with van der Waals surface area (Å²) in [6.07, 6.45) is 1.27. The SMILES string of the molecule is N#C[C@@H](O)c1cnco1. The van der Waals surface area contributed by atoms with Crippen molar-refractivity contribution in [3.63, 3.8) is 0 Å². The van der Waals surface area contributed by atoms with Gasteiger partial charge in [0.2, 0.25) is 6.10 Å². The molecule has 0 aliphatic rings. The summed E-state index contributed by atoms with van der Waals surface area (Å²) >= 11 is 0. The fourth-order valence-electron chi connectivity index (χ4n) is 0.424. The van der Waals surface area contributed by atoms with Crippen LogP contribution in [0.3, 0.4) is 0 Å². The maximum absolute atomic E-state index is 8.72. The second kappa shape index (κ2) is 2.29. The molecule has 0 saturated heterocycles. The van der Waals surface area contributed by atoms with E-state index in [4.69, 9.17) is 10.4 Å². The maximum Gasteiger partial charge on any atom is 0.200 e. The van der Waals surface area contributed by atoms with E-state index in [1.807, 2.05) is 0 Å². The number of aromatic nitrogens is 1. The third-order valence-electron chi connectivity index (χ3n) is 0.843. The standard InChI is InChI=1S/C5H4N2O2/c6-1-4(8)5-2-7-3-9-5/h2-4,8H/t4-/m1/s1. The minimum atomic E-state index is -1.19. The van der Waals surface area contributed by atoms with E-state index in [0.717, 1.165) is 6.39 Å². The van der Waals surface area contributed by atoms with Gasteiger partial charge in [-0.2, -0.15) is 5.26 Å². The van der Waals surface area contributed by atoms with E-state index < -0.39 is 6.10 Å². The average Bonchev–Trinajstić information content (AvgIpc) is 2.37. The molecule has 1 rings (SSSR count). The topological polar surface area (TPSA) is 70.0 Å². The van der Waals surface area contributed by atoms with Crippen molar-refractivity contribution in [1.82, 2.24) is 4.98 Å². The summed E-state index contributed by atoms with van der Waals surface area (Å²) in [7, 11) is 0. The average molecular weight is 124 g/mol. The molecule has 0 aromatic carbocycles. The van der Waals surface area contributed by atoms with Crippen molar-refractivity contribution in [2.45, 2.75) is 6.10 Å². The van der Waals surface area contributed by atoms with Crippen LogP contribution >= 0.6 is 0 Å². The molecule has 4 heteroatoms. The first-order chi connectivity index (χ1) is 4.34. The lowest BCUT2D eigenvalue weighted by Crippen LogP contribution is -1.88. The lowest BCUT2D eigenvalue weighted by molar-refractivity contribution is 0.204. The fraction of sp³-hybridized carbons (Fsp3) is 0.200. The van der Waals surface area contributed by atoms with Crippen molar-refractivity contribution in [2.75, 3.05) is 0 Å². The predicted octanol–water partition coefficient (Wildman–Crippen LogP) is 0.232. The van der Waals surface area contributed by atoms with Crippen molar-refractivity contribution in [3.8, 4) is 6.07 Å². The molecule has 1 heterocycles. The molecule has 9 heavy (non-hydrogen) atoms. The first-order valence-electron chi connectivity index (χ1n) is 2.30. The van der Waals surface area contributed by atoms with Crippen LogP contribution in [0.25, 0.3) is 0 Å². The third kappa shape index (κ3) is 1.06. The van der Waals surface area contributed by atoms with Gasteiger partial charge in [-0.3, -0.25) is 0 Å². The predicted molar refractivity (Wildman–Crippen MR) is 27.1 cm³/mol. The number of aliphatic hydroxyl groups is 1. The minimum absolute atomic E-state index is 0.178. The number of nitriles is 1. The van der Waals surface area contributed by atoms with Gasteiger partial charge in [0.05, 0.1) is 6.20 Å². The van der Waals surface area contributed by atoms with Crippen molar-refractivity contribution < 1.29 is 9.52 Å². The monoisotopic (exact) mass is 124 g/mol. The molecule has 1 aromatic rings. The molecule has 0 unspecified atom stereocenters. The van der Waals surface area contributed by atoms with Crippen LogP contribution in [0.4, 0.5) is 0 Å². The zero-order valence-corrected chi connectivity index (χ0v) is 4.48. The molecular formula is C5H4N2O2. The molecule has 1 atom stereocenters. The Morgan fingerprint density at radius 3 is 3.11 bits per heavy atom. The van der Waals surface area contributed by atoms with Crippen molar-refractivity contribution in [1.29, 1.82) is 5.26 Å². The molecule has 0 aliphatic heterocycles. The molecule has 46 valence electrons. The van der Waals surface area contributed by atoms with E-state index in [9.17, 15) is 0 Å². The first kappa shape index (κ1) is 5.79. The molecule has 0 amide bonds. The van der Waals surface area contributed by atoms with E-state index in [-0.39, 0.29) is 5.76 Å². The van der Waals surface area contributed by atoms with Crippen LogP contribution in [0.15, 0.2) is 17.0 Å². The van der Waals surface area contributed by atoms with Gasteiger partial charge < -0.3 is 9.52 Å². The largest absolute Gasteiger partial charge is 0.445 e. The maximum atomic E-state index is 8.72. The quantitative estimate of drug-likeness (QED) is 0.544. The van der Waals surface area contributed by atoms with E-state index in [2.05, 4.69) is 9.40 Å². The molecule has 1 aromatic heterocycles. The fourth-order valence-corrected chi connectivity index (χ4v) is 0.424. The number of rotatable bonds is 1. The van der Waals surface area contributed by atoms with Crippen LogP contribution in [-0.2, 0) is 0 Å². The summed E-state index contributed by atoms with van der Waals surface area (Å²) in [6, 6.07) is 1.59. The van der Waals surface area contributed by atoms with Crippen LogP contribution in [0.5, 0.6) is 0 Å². The molecule has 0 fully saturated rings. The Hall–Kier alpha value is -1.34. The summed E-state index contributed by atoms with van der Waals surface area (Å²) in [5.41, 5.74) is 0. The summed E-state index contributed by atoms with van der Waals surface area (Å²) < 4.78 is 4.60. The molecule has 1 N–H and O–H groups in total. The van der Waals surface area contributed by atoms with E-state index >= 15 is 0 Å². The van der Waals surface area contributed by atoms with E-state index in [1.54, 1.807) is 6.07 Å². The van der Waals surface area contributed by atoms with Gasteiger partial charge in [0.1, 0.15) is 6.07 Å². The molecule has 0 spiro atoms.